The van der Waals surface area contributed by atoms with Crippen molar-refractivity contribution < 1.29 is 9.90 Å². The van der Waals surface area contributed by atoms with Crippen molar-refractivity contribution in [1.29, 1.82) is 0 Å². The van der Waals surface area contributed by atoms with Crippen molar-refractivity contribution in [3.63, 3.8) is 0 Å². The number of aromatic hydroxyl groups is 1. The molecule has 1 fully saturated rings. The SMILES string of the molecule is Cn1ccc(NC(=O)N2CCN(c3ccccc3O)CC2)n1. The van der Waals surface area contributed by atoms with Crippen molar-refractivity contribution in [3.8, 4) is 5.75 Å². The van der Waals surface area contributed by atoms with E-state index in [1.165, 1.54) is 0 Å². The van der Waals surface area contributed by atoms with E-state index < -0.39 is 0 Å². The lowest BCUT2D eigenvalue weighted by Gasteiger charge is -2.36. The molecule has 0 spiro atoms. The van der Waals surface area contributed by atoms with Crippen LogP contribution in [0.3, 0.4) is 0 Å². The van der Waals surface area contributed by atoms with Crippen molar-refractivity contribution >= 4 is 17.5 Å². The number of aryl methyl sites for hydroxylation is 1. The van der Waals surface area contributed by atoms with Gasteiger partial charge in [-0.1, -0.05) is 12.1 Å². The van der Waals surface area contributed by atoms with E-state index in [-0.39, 0.29) is 11.8 Å². The normalized spacial score (nSPS) is 15.0. The average molecular weight is 301 g/mol. The molecule has 2 aromatic rings. The minimum Gasteiger partial charge on any atom is -0.506 e. The zero-order chi connectivity index (χ0) is 15.5. The third-order valence-corrected chi connectivity index (χ3v) is 3.74. The number of nitrogens with one attached hydrogen (secondary N) is 1. The highest BCUT2D eigenvalue weighted by molar-refractivity contribution is 5.88. The molecule has 0 saturated carbocycles. The van der Waals surface area contributed by atoms with Crippen LogP contribution in [0.5, 0.6) is 5.75 Å². The summed E-state index contributed by atoms with van der Waals surface area (Å²) < 4.78 is 1.64. The Kier molecular flexibility index (Phi) is 3.86. The van der Waals surface area contributed by atoms with Crippen LogP contribution in [0.25, 0.3) is 0 Å². The molecule has 0 radical (unpaired) electrons. The summed E-state index contributed by atoms with van der Waals surface area (Å²) in [4.78, 5) is 16.0. The summed E-state index contributed by atoms with van der Waals surface area (Å²) in [6.45, 7) is 2.58. The van der Waals surface area contributed by atoms with Crippen LogP contribution in [0.2, 0.25) is 0 Å². The third-order valence-electron chi connectivity index (χ3n) is 3.74. The van der Waals surface area contributed by atoms with Crippen LogP contribution in [0.4, 0.5) is 16.3 Å². The van der Waals surface area contributed by atoms with E-state index in [9.17, 15) is 9.90 Å². The number of benzene rings is 1. The lowest BCUT2D eigenvalue weighted by Crippen LogP contribution is -2.50. The van der Waals surface area contributed by atoms with Gasteiger partial charge in [0, 0.05) is 45.5 Å². The van der Waals surface area contributed by atoms with E-state index in [0.29, 0.717) is 32.0 Å². The van der Waals surface area contributed by atoms with E-state index in [1.54, 1.807) is 41.0 Å². The highest BCUT2D eigenvalue weighted by Crippen LogP contribution is 2.27. The molecule has 116 valence electrons. The Hall–Kier alpha value is -2.70. The number of aromatic nitrogens is 2. The van der Waals surface area contributed by atoms with Crippen LogP contribution < -0.4 is 10.2 Å². The van der Waals surface area contributed by atoms with Gasteiger partial charge in [-0.25, -0.2) is 4.79 Å². The number of urea groups is 1. The first-order chi connectivity index (χ1) is 10.6. The first-order valence-electron chi connectivity index (χ1n) is 7.22. The van der Waals surface area contributed by atoms with Crippen LogP contribution in [-0.2, 0) is 7.05 Å². The number of amides is 2. The van der Waals surface area contributed by atoms with Crippen LogP contribution in [0.15, 0.2) is 36.5 Å². The molecule has 1 saturated heterocycles. The van der Waals surface area contributed by atoms with Crippen molar-refractivity contribution in [1.82, 2.24) is 14.7 Å². The molecule has 2 N–H and O–H groups in total. The van der Waals surface area contributed by atoms with Gasteiger partial charge in [0.05, 0.1) is 5.69 Å². The van der Waals surface area contributed by atoms with Crippen molar-refractivity contribution in [3.05, 3.63) is 36.5 Å². The van der Waals surface area contributed by atoms with E-state index in [1.807, 2.05) is 12.1 Å². The zero-order valence-electron chi connectivity index (χ0n) is 12.4. The number of phenols is 1. The molecule has 3 rings (SSSR count). The molecule has 2 amide bonds. The molecule has 22 heavy (non-hydrogen) atoms. The summed E-state index contributed by atoms with van der Waals surface area (Å²) in [6.07, 6.45) is 1.78. The molecule has 2 heterocycles. The summed E-state index contributed by atoms with van der Waals surface area (Å²) in [7, 11) is 1.81. The average Bonchev–Trinajstić information content (AvgIpc) is 2.93. The van der Waals surface area contributed by atoms with E-state index in [2.05, 4.69) is 15.3 Å². The van der Waals surface area contributed by atoms with Gasteiger partial charge in [0.2, 0.25) is 0 Å². The fourth-order valence-electron chi connectivity index (χ4n) is 2.55. The molecule has 7 heteroatoms. The maximum atomic E-state index is 12.2. The standard InChI is InChI=1S/C15H19N5O2/c1-18-7-6-14(17-18)16-15(22)20-10-8-19(9-11-20)12-4-2-3-5-13(12)21/h2-7,21H,8-11H2,1H3,(H,16,17,22). The molecule has 0 unspecified atom stereocenters. The number of carbonyl (C=O) groups is 1. The van der Waals surface area contributed by atoms with Crippen molar-refractivity contribution in [2.75, 3.05) is 36.4 Å². The Morgan fingerprint density at radius 1 is 1.18 bits per heavy atom. The number of phenolic OH excluding ortho intramolecular Hbond substituents is 1. The van der Waals surface area contributed by atoms with Gasteiger partial charge in [0.1, 0.15) is 5.75 Å². The number of carbonyl (C=O) groups excluding carboxylic acids is 1. The summed E-state index contributed by atoms with van der Waals surface area (Å²) >= 11 is 0. The summed E-state index contributed by atoms with van der Waals surface area (Å²) in [5.74, 6) is 0.824. The minimum atomic E-state index is -0.143. The van der Waals surface area contributed by atoms with Gasteiger partial charge in [-0.05, 0) is 12.1 Å². The second-order valence-electron chi connectivity index (χ2n) is 5.27. The summed E-state index contributed by atoms with van der Waals surface area (Å²) in [5, 5.41) is 16.8. The van der Waals surface area contributed by atoms with Crippen LogP contribution >= 0.6 is 0 Å². The minimum absolute atomic E-state index is 0.143. The van der Waals surface area contributed by atoms with E-state index >= 15 is 0 Å². The Morgan fingerprint density at radius 2 is 1.91 bits per heavy atom. The maximum absolute atomic E-state index is 12.2. The number of hydrogen-bond acceptors (Lipinski definition) is 4. The van der Waals surface area contributed by atoms with Crippen LogP contribution in [0.1, 0.15) is 0 Å². The van der Waals surface area contributed by atoms with Gasteiger partial charge in [-0.3, -0.25) is 10.00 Å². The van der Waals surface area contributed by atoms with Gasteiger partial charge in [-0.15, -0.1) is 0 Å². The first-order valence-corrected chi connectivity index (χ1v) is 7.22. The van der Waals surface area contributed by atoms with Gasteiger partial charge < -0.3 is 14.9 Å². The number of piperazine rings is 1. The number of nitrogens with zero attached hydrogens (tertiary/aromatic N) is 4. The number of hydrogen-bond donors (Lipinski definition) is 2. The molecule has 1 aliphatic heterocycles. The second-order valence-corrected chi connectivity index (χ2v) is 5.27. The van der Waals surface area contributed by atoms with Gasteiger partial charge in [-0.2, -0.15) is 5.10 Å². The topological polar surface area (TPSA) is 73.6 Å². The Morgan fingerprint density at radius 3 is 2.55 bits per heavy atom. The molecule has 1 aliphatic rings. The number of para-hydroxylation sites is 2. The number of anilines is 2. The van der Waals surface area contributed by atoms with Crippen LogP contribution in [-0.4, -0.2) is 52.0 Å². The molecular weight excluding hydrogens is 282 g/mol. The number of rotatable bonds is 2. The highest BCUT2D eigenvalue weighted by Gasteiger charge is 2.22. The molecule has 1 aromatic carbocycles. The van der Waals surface area contributed by atoms with Gasteiger partial charge in [0.15, 0.2) is 5.82 Å². The smallest absolute Gasteiger partial charge is 0.323 e. The lowest BCUT2D eigenvalue weighted by molar-refractivity contribution is 0.208. The zero-order valence-corrected chi connectivity index (χ0v) is 12.4. The predicted octanol–water partition coefficient (Wildman–Crippen LogP) is 1.48. The summed E-state index contributed by atoms with van der Waals surface area (Å²) in [5.41, 5.74) is 0.812. The Bertz CT molecular complexity index is 661. The molecule has 1 aromatic heterocycles. The Balaban J connectivity index is 1.57. The third kappa shape index (κ3) is 2.98. The molecule has 0 aliphatic carbocycles. The van der Waals surface area contributed by atoms with Gasteiger partial charge in [0.25, 0.3) is 0 Å². The monoisotopic (exact) mass is 301 g/mol. The van der Waals surface area contributed by atoms with E-state index in [4.69, 9.17) is 0 Å². The molecular formula is C15H19N5O2. The fraction of sp³-hybridized carbons (Fsp3) is 0.333. The van der Waals surface area contributed by atoms with Crippen molar-refractivity contribution in [2.24, 2.45) is 7.05 Å². The lowest BCUT2D eigenvalue weighted by atomic mass is 10.2. The highest BCUT2D eigenvalue weighted by atomic mass is 16.3. The predicted molar refractivity (Wildman–Crippen MR) is 84.1 cm³/mol. The maximum Gasteiger partial charge on any atom is 0.323 e. The second kappa shape index (κ2) is 5.97. The quantitative estimate of drug-likeness (QED) is 0.881. The molecule has 0 bridgehead atoms. The Labute approximate surface area is 128 Å². The molecule has 7 nitrogen and oxygen atoms in total. The van der Waals surface area contributed by atoms with E-state index in [0.717, 1.165) is 5.69 Å². The largest absolute Gasteiger partial charge is 0.506 e. The van der Waals surface area contributed by atoms with Crippen LogP contribution in [0, 0.1) is 0 Å². The summed E-state index contributed by atoms with van der Waals surface area (Å²) in [6, 6.07) is 8.88. The van der Waals surface area contributed by atoms with Gasteiger partial charge >= 0.3 is 6.03 Å². The first kappa shape index (κ1) is 14.2. The van der Waals surface area contributed by atoms with Crippen molar-refractivity contribution in [2.45, 2.75) is 0 Å². The molecule has 0 atom stereocenters. The fourth-order valence-corrected chi connectivity index (χ4v) is 2.55.